The Hall–Kier alpha value is -1.75. The molecule has 1 heterocycles. The third kappa shape index (κ3) is 2.34. The Labute approximate surface area is 103 Å². The van der Waals surface area contributed by atoms with E-state index in [1.807, 2.05) is 0 Å². The monoisotopic (exact) mass is 250 g/mol. The molecule has 5 heteroatoms. The van der Waals surface area contributed by atoms with Gasteiger partial charge in [0.05, 0.1) is 16.8 Å². The van der Waals surface area contributed by atoms with Crippen molar-refractivity contribution in [2.45, 2.75) is 6.92 Å². The van der Waals surface area contributed by atoms with Crippen molar-refractivity contribution in [1.82, 2.24) is 4.98 Å². The average Bonchev–Trinajstić information content (AvgIpc) is 2.78. The smallest absolute Gasteiger partial charge is 0.190 e. The fourth-order valence-corrected chi connectivity index (χ4v) is 2.20. The van der Waals surface area contributed by atoms with Crippen molar-refractivity contribution in [2.24, 2.45) is 0 Å². The second-order valence-electron chi connectivity index (χ2n) is 3.57. The number of hydrogen-bond acceptors (Lipinski definition) is 4. The Bertz CT molecular complexity index is 553. The van der Waals surface area contributed by atoms with Gasteiger partial charge in [-0.25, -0.2) is 9.37 Å². The van der Waals surface area contributed by atoms with E-state index in [0.717, 1.165) is 0 Å². The lowest BCUT2D eigenvalue weighted by atomic mass is 10.3. The Morgan fingerprint density at radius 3 is 2.71 bits per heavy atom. The Morgan fingerprint density at radius 1 is 1.41 bits per heavy atom. The molecule has 0 saturated carbocycles. The van der Waals surface area contributed by atoms with Crippen molar-refractivity contribution in [3.8, 4) is 0 Å². The van der Waals surface area contributed by atoms with E-state index in [2.05, 4.69) is 4.98 Å². The molecule has 0 radical (unpaired) electrons. The van der Waals surface area contributed by atoms with E-state index >= 15 is 0 Å². The van der Waals surface area contributed by atoms with Crippen molar-refractivity contribution >= 4 is 27.9 Å². The summed E-state index contributed by atoms with van der Waals surface area (Å²) in [5.74, 6) is -0.342. The predicted molar refractivity (Wildman–Crippen MR) is 66.6 cm³/mol. The quantitative estimate of drug-likeness (QED) is 0.784. The van der Waals surface area contributed by atoms with Gasteiger partial charge in [-0.15, -0.1) is 0 Å². The first-order valence-corrected chi connectivity index (χ1v) is 5.86. The van der Waals surface area contributed by atoms with Crippen LogP contribution in [-0.4, -0.2) is 17.8 Å². The van der Waals surface area contributed by atoms with Gasteiger partial charge in [-0.1, -0.05) is 23.5 Å². The highest BCUT2D eigenvalue weighted by molar-refractivity contribution is 7.17. The van der Waals surface area contributed by atoms with Crippen LogP contribution in [-0.2, 0) is 0 Å². The lowest BCUT2D eigenvalue weighted by Gasteiger charge is -2.16. The van der Waals surface area contributed by atoms with Crippen molar-refractivity contribution < 1.29 is 9.18 Å². The summed E-state index contributed by atoms with van der Waals surface area (Å²) in [6.07, 6.45) is 1.51. The molecule has 0 N–H and O–H groups in total. The molecular weight excluding hydrogens is 239 g/mol. The minimum Gasteiger partial charge on any atom is -0.318 e. The number of carbonyl (C=O) groups is 1. The van der Waals surface area contributed by atoms with Crippen LogP contribution in [0.4, 0.5) is 15.2 Å². The molecule has 88 valence electrons. The molecule has 0 spiro atoms. The molecule has 0 unspecified atom stereocenters. The molecule has 1 aromatic carbocycles. The van der Waals surface area contributed by atoms with Crippen LogP contribution in [0.5, 0.6) is 0 Å². The second-order valence-corrected chi connectivity index (χ2v) is 4.58. The number of thiazole rings is 1. The van der Waals surface area contributed by atoms with Crippen molar-refractivity contribution in [1.29, 1.82) is 0 Å². The van der Waals surface area contributed by atoms with E-state index in [1.165, 1.54) is 30.5 Å². The highest BCUT2D eigenvalue weighted by Gasteiger charge is 2.13. The summed E-state index contributed by atoms with van der Waals surface area (Å²) in [5, 5.41) is 0.598. The number of anilines is 2. The Kier molecular flexibility index (Phi) is 3.19. The first-order valence-electron chi connectivity index (χ1n) is 5.04. The third-order valence-corrected chi connectivity index (χ3v) is 3.52. The van der Waals surface area contributed by atoms with Gasteiger partial charge in [0.25, 0.3) is 0 Å². The van der Waals surface area contributed by atoms with E-state index in [9.17, 15) is 9.18 Å². The maximum absolute atomic E-state index is 13.6. The van der Waals surface area contributed by atoms with E-state index in [1.54, 1.807) is 30.1 Å². The van der Waals surface area contributed by atoms with Gasteiger partial charge in [-0.2, -0.15) is 0 Å². The molecule has 0 saturated heterocycles. The molecule has 2 rings (SSSR count). The molecule has 2 aromatic rings. The van der Waals surface area contributed by atoms with E-state index in [-0.39, 0.29) is 11.6 Å². The van der Waals surface area contributed by atoms with Gasteiger partial charge in [0.15, 0.2) is 10.9 Å². The number of para-hydroxylation sites is 1. The molecule has 0 aliphatic carbocycles. The summed E-state index contributed by atoms with van der Waals surface area (Å²) in [6.45, 7) is 1.49. The molecular formula is C12H11FN2OS. The zero-order chi connectivity index (χ0) is 12.4. The number of Topliss-reactive ketones (excluding diaryl/α,β-unsaturated/α-hetero) is 1. The largest absolute Gasteiger partial charge is 0.318 e. The van der Waals surface area contributed by atoms with Crippen LogP contribution >= 0.6 is 11.3 Å². The average molecular weight is 250 g/mol. The summed E-state index contributed by atoms with van der Waals surface area (Å²) < 4.78 is 13.6. The van der Waals surface area contributed by atoms with Crippen molar-refractivity contribution in [2.75, 3.05) is 11.9 Å². The van der Waals surface area contributed by atoms with Crippen LogP contribution in [0.3, 0.4) is 0 Å². The fraction of sp³-hybridized carbons (Fsp3) is 0.167. The zero-order valence-electron chi connectivity index (χ0n) is 9.48. The number of halogens is 1. The molecule has 1 aromatic heterocycles. The molecule has 0 amide bonds. The van der Waals surface area contributed by atoms with Gasteiger partial charge >= 0.3 is 0 Å². The highest BCUT2D eigenvalue weighted by atomic mass is 32.1. The SMILES string of the molecule is CC(=O)c1cnc(N(C)c2ccccc2F)s1. The number of aromatic nitrogens is 1. The molecule has 0 atom stereocenters. The Balaban J connectivity index is 2.34. The first kappa shape index (κ1) is 11.7. The van der Waals surface area contributed by atoms with Crippen LogP contribution in [0, 0.1) is 5.82 Å². The van der Waals surface area contributed by atoms with E-state index in [0.29, 0.717) is 15.7 Å². The summed E-state index contributed by atoms with van der Waals surface area (Å²) in [5.41, 5.74) is 0.442. The van der Waals surface area contributed by atoms with Crippen LogP contribution in [0.15, 0.2) is 30.5 Å². The fourth-order valence-electron chi connectivity index (χ4n) is 1.41. The Morgan fingerprint density at radius 2 is 2.12 bits per heavy atom. The van der Waals surface area contributed by atoms with E-state index < -0.39 is 0 Å². The van der Waals surface area contributed by atoms with Crippen LogP contribution in [0.1, 0.15) is 16.6 Å². The summed E-state index contributed by atoms with van der Waals surface area (Å²) in [7, 11) is 1.72. The molecule has 0 fully saturated rings. The lowest BCUT2D eigenvalue weighted by Crippen LogP contribution is -2.10. The number of ketones is 1. The molecule has 0 bridgehead atoms. The van der Waals surface area contributed by atoms with Crippen LogP contribution < -0.4 is 4.90 Å². The number of nitrogens with zero attached hydrogens (tertiary/aromatic N) is 2. The van der Waals surface area contributed by atoms with Gasteiger partial charge in [0.2, 0.25) is 0 Å². The maximum Gasteiger partial charge on any atom is 0.190 e. The van der Waals surface area contributed by atoms with Crippen molar-refractivity contribution in [3.05, 3.63) is 41.2 Å². The minimum atomic E-state index is -0.311. The van der Waals surface area contributed by atoms with Gasteiger partial charge in [0, 0.05) is 14.0 Å². The number of rotatable bonds is 3. The number of hydrogen-bond donors (Lipinski definition) is 0. The molecule has 17 heavy (non-hydrogen) atoms. The minimum absolute atomic E-state index is 0.0318. The highest BCUT2D eigenvalue weighted by Crippen LogP contribution is 2.29. The molecule has 0 aliphatic heterocycles. The molecule has 0 aliphatic rings. The number of carbonyl (C=O) groups excluding carboxylic acids is 1. The third-order valence-electron chi connectivity index (χ3n) is 2.34. The summed E-state index contributed by atoms with van der Waals surface area (Å²) in [4.78, 5) is 17.5. The van der Waals surface area contributed by atoms with Crippen LogP contribution in [0.2, 0.25) is 0 Å². The van der Waals surface area contributed by atoms with Gasteiger partial charge in [-0.3, -0.25) is 4.79 Å². The van der Waals surface area contributed by atoms with Gasteiger partial charge in [-0.05, 0) is 12.1 Å². The topological polar surface area (TPSA) is 33.2 Å². The predicted octanol–water partition coefficient (Wildman–Crippen LogP) is 3.25. The van der Waals surface area contributed by atoms with E-state index in [4.69, 9.17) is 0 Å². The van der Waals surface area contributed by atoms with Crippen molar-refractivity contribution in [3.63, 3.8) is 0 Å². The van der Waals surface area contributed by atoms with Gasteiger partial charge in [0.1, 0.15) is 5.82 Å². The normalized spacial score (nSPS) is 10.3. The summed E-state index contributed by atoms with van der Waals surface area (Å²) in [6, 6.07) is 6.46. The summed E-state index contributed by atoms with van der Waals surface area (Å²) >= 11 is 1.25. The number of benzene rings is 1. The van der Waals surface area contributed by atoms with Gasteiger partial charge < -0.3 is 4.90 Å². The van der Waals surface area contributed by atoms with Crippen LogP contribution in [0.25, 0.3) is 0 Å². The first-order chi connectivity index (χ1) is 8.09. The standard InChI is InChI=1S/C12H11FN2OS/c1-8(16)11-7-14-12(17-11)15(2)10-6-4-3-5-9(10)13/h3-7H,1-2H3. The maximum atomic E-state index is 13.6. The lowest BCUT2D eigenvalue weighted by molar-refractivity contribution is 0.102. The molecule has 3 nitrogen and oxygen atoms in total. The second kappa shape index (κ2) is 4.63. The zero-order valence-corrected chi connectivity index (χ0v) is 10.3.